The molecule has 1 amide bonds. The average Bonchev–Trinajstić information content (AvgIpc) is 2.72. The number of morpholine rings is 1. The molecular formula is C12H19N3O4S2. The standard InChI is InChI=1S/C12H19N3O4S2/c1-8-5-15(6-9(2)19-8)11(16)4-10-7-20-12(13-10)14-21(3,17)18/h7-9H,4-6H2,1-3H3,(H,13,14)/t8-,9-/m1/s1. The third-order valence-corrected chi connectivity index (χ3v) is 4.43. The number of hydrogen-bond acceptors (Lipinski definition) is 6. The van der Waals surface area contributed by atoms with Crippen LogP contribution in [0, 0.1) is 0 Å². The summed E-state index contributed by atoms with van der Waals surface area (Å²) in [6.45, 7) is 5.02. The molecule has 2 atom stereocenters. The normalized spacial score (nSPS) is 23.1. The summed E-state index contributed by atoms with van der Waals surface area (Å²) < 4.78 is 30.1. The average molecular weight is 333 g/mol. The zero-order chi connectivity index (χ0) is 15.6. The molecule has 0 aliphatic carbocycles. The first kappa shape index (κ1) is 16.2. The van der Waals surface area contributed by atoms with E-state index in [9.17, 15) is 13.2 Å². The van der Waals surface area contributed by atoms with Gasteiger partial charge in [-0.15, -0.1) is 11.3 Å². The lowest BCUT2D eigenvalue weighted by molar-refractivity contribution is -0.142. The number of carbonyl (C=O) groups is 1. The second-order valence-electron chi connectivity index (χ2n) is 5.25. The molecule has 0 radical (unpaired) electrons. The molecule has 1 N–H and O–H groups in total. The van der Waals surface area contributed by atoms with Crippen molar-refractivity contribution in [3.8, 4) is 0 Å². The Morgan fingerprint density at radius 1 is 1.48 bits per heavy atom. The predicted octanol–water partition coefficient (Wildman–Crippen LogP) is 0.693. The summed E-state index contributed by atoms with van der Waals surface area (Å²) in [4.78, 5) is 18.1. The second kappa shape index (κ2) is 6.29. The van der Waals surface area contributed by atoms with Crippen LogP contribution < -0.4 is 4.72 Å². The molecule has 0 spiro atoms. The summed E-state index contributed by atoms with van der Waals surface area (Å²) in [6.07, 6.45) is 1.28. The molecule has 0 bridgehead atoms. The molecule has 0 unspecified atom stereocenters. The zero-order valence-corrected chi connectivity index (χ0v) is 13.8. The van der Waals surface area contributed by atoms with Gasteiger partial charge in [-0.05, 0) is 13.8 Å². The van der Waals surface area contributed by atoms with Gasteiger partial charge in [0.05, 0.1) is 30.6 Å². The summed E-state index contributed by atoms with van der Waals surface area (Å²) in [6, 6.07) is 0. The van der Waals surface area contributed by atoms with Gasteiger partial charge >= 0.3 is 0 Å². The van der Waals surface area contributed by atoms with Crippen molar-refractivity contribution in [3.63, 3.8) is 0 Å². The summed E-state index contributed by atoms with van der Waals surface area (Å²) in [7, 11) is -3.34. The molecule has 0 saturated carbocycles. The Morgan fingerprint density at radius 3 is 2.67 bits per heavy atom. The van der Waals surface area contributed by atoms with Crippen molar-refractivity contribution in [3.05, 3.63) is 11.1 Å². The first-order valence-electron chi connectivity index (χ1n) is 6.58. The molecule has 1 aromatic rings. The monoisotopic (exact) mass is 333 g/mol. The van der Waals surface area contributed by atoms with Crippen molar-refractivity contribution < 1.29 is 17.9 Å². The highest BCUT2D eigenvalue weighted by atomic mass is 32.2. The van der Waals surface area contributed by atoms with Crippen LogP contribution in [0.5, 0.6) is 0 Å². The van der Waals surface area contributed by atoms with Gasteiger partial charge in [-0.2, -0.15) is 0 Å². The van der Waals surface area contributed by atoms with E-state index >= 15 is 0 Å². The molecule has 1 aliphatic rings. The molecule has 118 valence electrons. The zero-order valence-electron chi connectivity index (χ0n) is 12.2. The topological polar surface area (TPSA) is 88.6 Å². The van der Waals surface area contributed by atoms with Gasteiger partial charge in [0.2, 0.25) is 15.9 Å². The van der Waals surface area contributed by atoms with Gasteiger partial charge in [0.1, 0.15) is 0 Å². The van der Waals surface area contributed by atoms with Crippen molar-refractivity contribution >= 4 is 32.4 Å². The van der Waals surface area contributed by atoms with Crippen molar-refractivity contribution in [2.24, 2.45) is 0 Å². The maximum absolute atomic E-state index is 12.2. The Morgan fingerprint density at radius 2 is 2.10 bits per heavy atom. The fraction of sp³-hybridized carbons (Fsp3) is 0.667. The number of amides is 1. The Kier molecular flexibility index (Phi) is 4.84. The Bertz CT molecular complexity index is 604. The number of ether oxygens (including phenoxy) is 1. The Balaban J connectivity index is 1.96. The van der Waals surface area contributed by atoms with Gasteiger partial charge in [-0.25, -0.2) is 13.4 Å². The van der Waals surface area contributed by atoms with Crippen molar-refractivity contribution in [1.29, 1.82) is 0 Å². The van der Waals surface area contributed by atoms with E-state index in [-0.39, 0.29) is 29.7 Å². The molecular weight excluding hydrogens is 314 g/mol. The van der Waals surface area contributed by atoms with E-state index in [1.807, 2.05) is 13.8 Å². The number of anilines is 1. The first-order chi connectivity index (χ1) is 9.73. The van der Waals surface area contributed by atoms with Gasteiger partial charge in [0, 0.05) is 18.5 Å². The lowest BCUT2D eigenvalue weighted by atomic mass is 10.2. The van der Waals surface area contributed by atoms with Crippen LogP contribution in [-0.4, -0.2) is 55.8 Å². The summed E-state index contributed by atoms with van der Waals surface area (Å²) >= 11 is 1.17. The molecule has 1 fully saturated rings. The van der Waals surface area contributed by atoms with Crippen LogP contribution in [0.15, 0.2) is 5.38 Å². The van der Waals surface area contributed by atoms with Gasteiger partial charge in [-0.1, -0.05) is 0 Å². The molecule has 1 aromatic heterocycles. The van der Waals surface area contributed by atoms with Crippen LogP contribution in [0.1, 0.15) is 19.5 Å². The second-order valence-corrected chi connectivity index (χ2v) is 7.86. The lowest BCUT2D eigenvalue weighted by Crippen LogP contribution is -2.48. The largest absolute Gasteiger partial charge is 0.372 e. The molecule has 2 rings (SSSR count). The minimum atomic E-state index is -3.34. The van der Waals surface area contributed by atoms with Gasteiger partial charge in [0.25, 0.3) is 0 Å². The maximum atomic E-state index is 12.2. The van der Waals surface area contributed by atoms with Crippen LogP contribution in [0.3, 0.4) is 0 Å². The fourth-order valence-corrected chi connectivity index (χ4v) is 3.80. The van der Waals surface area contributed by atoms with Crippen LogP contribution in [0.2, 0.25) is 0 Å². The summed E-state index contributed by atoms with van der Waals surface area (Å²) in [5, 5.41) is 1.97. The quantitative estimate of drug-likeness (QED) is 0.876. The number of rotatable bonds is 4. The number of sulfonamides is 1. The molecule has 21 heavy (non-hydrogen) atoms. The van der Waals surface area contributed by atoms with E-state index in [1.165, 1.54) is 11.3 Å². The first-order valence-corrected chi connectivity index (χ1v) is 9.35. The Hall–Kier alpha value is -1.19. The summed E-state index contributed by atoms with van der Waals surface area (Å²) in [5.74, 6) is -0.0202. The molecule has 0 aromatic carbocycles. The van der Waals surface area contributed by atoms with Crippen molar-refractivity contribution in [1.82, 2.24) is 9.88 Å². The smallest absolute Gasteiger partial charge is 0.231 e. The Labute approximate surface area is 128 Å². The highest BCUT2D eigenvalue weighted by Gasteiger charge is 2.26. The third kappa shape index (κ3) is 4.94. The van der Waals surface area contributed by atoms with Crippen molar-refractivity contribution in [2.75, 3.05) is 24.1 Å². The van der Waals surface area contributed by atoms with Crippen LogP contribution in [0.25, 0.3) is 0 Å². The van der Waals surface area contributed by atoms with Crippen LogP contribution >= 0.6 is 11.3 Å². The van der Waals surface area contributed by atoms with E-state index < -0.39 is 10.0 Å². The number of nitrogens with zero attached hydrogens (tertiary/aromatic N) is 2. The molecule has 1 saturated heterocycles. The molecule has 9 heteroatoms. The third-order valence-electron chi connectivity index (χ3n) is 2.93. The van der Waals surface area contributed by atoms with Crippen molar-refractivity contribution in [2.45, 2.75) is 32.5 Å². The van der Waals surface area contributed by atoms with Gasteiger partial charge in [-0.3, -0.25) is 9.52 Å². The van der Waals surface area contributed by atoms with Gasteiger partial charge < -0.3 is 9.64 Å². The number of nitrogens with one attached hydrogen (secondary N) is 1. The molecule has 2 heterocycles. The lowest BCUT2D eigenvalue weighted by Gasteiger charge is -2.35. The number of hydrogen-bond donors (Lipinski definition) is 1. The number of carbonyl (C=O) groups excluding carboxylic acids is 1. The van der Waals surface area contributed by atoms with Gasteiger partial charge in [0.15, 0.2) is 5.13 Å². The van der Waals surface area contributed by atoms with E-state index in [0.717, 1.165) is 6.26 Å². The van der Waals surface area contributed by atoms with E-state index in [2.05, 4.69) is 9.71 Å². The predicted molar refractivity (Wildman–Crippen MR) is 80.9 cm³/mol. The fourth-order valence-electron chi connectivity index (χ4n) is 2.24. The van der Waals surface area contributed by atoms with E-state index in [1.54, 1.807) is 10.3 Å². The number of thiazole rings is 1. The number of aromatic nitrogens is 1. The maximum Gasteiger partial charge on any atom is 0.231 e. The SMILES string of the molecule is C[C@@H]1CN(C(=O)Cc2csc(NS(C)(=O)=O)n2)C[C@@H](C)O1. The molecule has 1 aliphatic heterocycles. The highest BCUT2D eigenvalue weighted by Crippen LogP contribution is 2.18. The minimum Gasteiger partial charge on any atom is -0.372 e. The van der Waals surface area contributed by atoms with E-state index in [0.29, 0.717) is 18.8 Å². The minimum absolute atomic E-state index is 0.0202. The van der Waals surface area contributed by atoms with Crippen LogP contribution in [-0.2, 0) is 26.0 Å². The molecule has 7 nitrogen and oxygen atoms in total. The van der Waals surface area contributed by atoms with E-state index in [4.69, 9.17) is 4.74 Å². The van der Waals surface area contributed by atoms with Crippen LogP contribution in [0.4, 0.5) is 5.13 Å². The summed E-state index contributed by atoms with van der Waals surface area (Å²) in [5.41, 5.74) is 0.572. The highest BCUT2D eigenvalue weighted by molar-refractivity contribution is 7.92.